The summed E-state index contributed by atoms with van der Waals surface area (Å²) in [7, 11) is 3.49. The van der Waals surface area contributed by atoms with Crippen molar-refractivity contribution in [2.45, 2.75) is 25.9 Å². The molecule has 0 bridgehead atoms. The van der Waals surface area contributed by atoms with Gasteiger partial charge < -0.3 is 24.6 Å². The second kappa shape index (κ2) is 17.0. The van der Waals surface area contributed by atoms with Crippen LogP contribution in [0.4, 0.5) is 0 Å². The Labute approximate surface area is 299 Å². The van der Waals surface area contributed by atoms with Crippen molar-refractivity contribution in [2.75, 3.05) is 27.3 Å². The Morgan fingerprint density at radius 3 is 2.40 bits per heavy atom. The van der Waals surface area contributed by atoms with Gasteiger partial charge in [0.15, 0.2) is 6.61 Å². The number of carbonyl (C=O) groups is 3. The van der Waals surface area contributed by atoms with E-state index in [4.69, 9.17) is 30.9 Å². The molecule has 6 aromatic rings. The van der Waals surface area contributed by atoms with Crippen LogP contribution >= 0.6 is 22.9 Å². The van der Waals surface area contributed by atoms with Crippen molar-refractivity contribution < 1.29 is 33.7 Å². The van der Waals surface area contributed by atoms with Crippen LogP contribution in [0.25, 0.3) is 21.7 Å². The average molecular weight is 713 g/mol. The molecule has 0 unspecified atom stereocenters. The van der Waals surface area contributed by atoms with Crippen LogP contribution in [0.5, 0.6) is 11.5 Å². The van der Waals surface area contributed by atoms with Crippen molar-refractivity contribution in [1.29, 1.82) is 0 Å². The molecule has 11 heteroatoms. The normalized spacial score (nSPS) is 11.4. The van der Waals surface area contributed by atoms with Crippen LogP contribution in [0.2, 0.25) is 5.02 Å². The number of aliphatic carboxylic acids is 1. The van der Waals surface area contributed by atoms with E-state index in [0.717, 1.165) is 18.7 Å². The molecule has 0 aliphatic carbocycles. The van der Waals surface area contributed by atoms with Gasteiger partial charge >= 0.3 is 11.9 Å². The lowest BCUT2D eigenvalue weighted by atomic mass is 10.1. The first-order chi connectivity index (χ1) is 24.2. The third-order valence-electron chi connectivity index (χ3n) is 8.05. The summed E-state index contributed by atoms with van der Waals surface area (Å²) < 4.78 is 17.9. The summed E-state index contributed by atoms with van der Waals surface area (Å²) in [5.74, 6) is -0.691. The highest BCUT2D eigenvalue weighted by atomic mass is 35.5. The Bertz CT molecular complexity index is 2090. The summed E-state index contributed by atoms with van der Waals surface area (Å²) in [5, 5.41) is 17.6. The maximum atomic E-state index is 13.2. The van der Waals surface area contributed by atoms with Gasteiger partial charge in [0.2, 0.25) is 0 Å². The highest BCUT2D eigenvalue weighted by molar-refractivity contribution is 7.10. The van der Waals surface area contributed by atoms with E-state index in [1.54, 1.807) is 60.7 Å². The van der Waals surface area contributed by atoms with Gasteiger partial charge in [0, 0.05) is 38.4 Å². The maximum Gasteiger partial charge on any atom is 0.341 e. The summed E-state index contributed by atoms with van der Waals surface area (Å²) in [4.78, 5) is 37.2. The van der Waals surface area contributed by atoms with Gasteiger partial charge in [-0.2, -0.15) is 0 Å². The fraction of sp³-hybridized carbons (Fsp3) is 0.205. The van der Waals surface area contributed by atoms with E-state index in [9.17, 15) is 14.4 Å². The van der Waals surface area contributed by atoms with Crippen molar-refractivity contribution in [2.24, 2.45) is 0 Å². The highest BCUT2D eigenvalue weighted by Crippen LogP contribution is 2.33. The zero-order valence-corrected chi connectivity index (χ0v) is 29.4. The zero-order valence-electron chi connectivity index (χ0n) is 27.9. The van der Waals surface area contributed by atoms with Crippen molar-refractivity contribution in [3.8, 4) is 11.5 Å². The van der Waals surface area contributed by atoms with Gasteiger partial charge in [-0.3, -0.25) is 14.2 Å². The standard InChI is InChI=1S/C21H18ClNO6.C18H19NOS/c1-12-16(10-20(26)29-11-19(24)25)17-9-15(28-2)7-8-18(17)23(12)21(27)13-3-5-14(22)6-4-13;1-19-12-11-17(18-10-5-13-21-18)20-16-9-4-7-14-6-2-3-8-15(14)16/h3-9H,10-11H2,1-2H3,(H,24,25);2-10,13,17,19H,11-12H2,1H3/t;17-/m.1/s1. The number of esters is 1. The fourth-order valence-corrected chi connectivity index (χ4v) is 6.51. The first-order valence-corrected chi connectivity index (χ1v) is 17.1. The predicted molar refractivity (Wildman–Crippen MR) is 197 cm³/mol. The number of rotatable bonds is 12. The van der Waals surface area contributed by atoms with Gasteiger partial charge in [-0.05, 0) is 91.4 Å². The van der Waals surface area contributed by atoms with E-state index < -0.39 is 18.5 Å². The van der Waals surface area contributed by atoms with Gasteiger partial charge in [0.25, 0.3) is 5.91 Å². The molecule has 1 atom stereocenters. The molecule has 4 aromatic carbocycles. The van der Waals surface area contributed by atoms with Crippen LogP contribution in [0, 0.1) is 6.92 Å². The minimum Gasteiger partial charge on any atom is -0.497 e. The molecular formula is C39H37ClN2O7S. The summed E-state index contributed by atoms with van der Waals surface area (Å²) >= 11 is 7.66. The van der Waals surface area contributed by atoms with Crippen molar-refractivity contribution >= 4 is 62.5 Å². The van der Waals surface area contributed by atoms with E-state index >= 15 is 0 Å². The number of methoxy groups -OCH3 is 1. The minimum absolute atomic E-state index is 0.100. The number of aromatic nitrogens is 1. The molecule has 0 aliphatic heterocycles. The fourth-order valence-electron chi connectivity index (χ4n) is 5.59. The topological polar surface area (TPSA) is 116 Å². The summed E-state index contributed by atoms with van der Waals surface area (Å²) in [6, 6.07) is 30.5. The molecule has 2 N–H and O–H groups in total. The maximum absolute atomic E-state index is 13.2. The minimum atomic E-state index is -1.24. The van der Waals surface area contributed by atoms with Crippen molar-refractivity contribution in [3.63, 3.8) is 0 Å². The van der Waals surface area contributed by atoms with Gasteiger partial charge in [-0.15, -0.1) is 11.3 Å². The Balaban J connectivity index is 0.000000204. The number of benzene rings is 4. The third-order valence-corrected chi connectivity index (χ3v) is 9.27. The van der Waals surface area contributed by atoms with Gasteiger partial charge in [-0.25, -0.2) is 4.79 Å². The predicted octanol–water partition coefficient (Wildman–Crippen LogP) is 8.10. The molecule has 0 aliphatic rings. The van der Waals surface area contributed by atoms with Crippen molar-refractivity contribution in [3.05, 3.63) is 129 Å². The molecule has 0 saturated carbocycles. The number of fused-ring (bicyclic) bond motifs is 2. The monoisotopic (exact) mass is 712 g/mol. The number of halogens is 1. The lowest BCUT2D eigenvalue weighted by Crippen LogP contribution is -2.16. The number of hydrogen-bond acceptors (Lipinski definition) is 8. The molecule has 0 spiro atoms. The molecule has 0 amide bonds. The lowest BCUT2D eigenvalue weighted by Gasteiger charge is -2.19. The molecule has 258 valence electrons. The molecule has 9 nitrogen and oxygen atoms in total. The van der Waals surface area contributed by atoms with E-state index in [2.05, 4.69) is 65.3 Å². The molecule has 0 radical (unpaired) electrons. The number of carboxylic acids is 1. The van der Waals surface area contributed by atoms with Gasteiger partial charge in [0.1, 0.15) is 17.6 Å². The summed E-state index contributed by atoms with van der Waals surface area (Å²) in [6.07, 6.45) is 0.882. The zero-order chi connectivity index (χ0) is 35.6. The quantitative estimate of drug-likeness (QED) is 0.122. The second-order valence-corrected chi connectivity index (χ2v) is 12.7. The Kier molecular flexibility index (Phi) is 12.3. The van der Waals surface area contributed by atoms with Crippen LogP contribution in [0.15, 0.2) is 102 Å². The van der Waals surface area contributed by atoms with Crippen LogP contribution in [0.1, 0.15) is 39.0 Å². The summed E-state index contributed by atoms with van der Waals surface area (Å²) in [5.41, 5.74) is 2.16. The molecule has 2 aromatic heterocycles. The number of ether oxygens (including phenoxy) is 3. The van der Waals surface area contributed by atoms with Gasteiger partial charge in [-0.1, -0.05) is 54.1 Å². The Morgan fingerprint density at radius 1 is 0.940 bits per heavy atom. The van der Waals surface area contributed by atoms with E-state index in [-0.39, 0.29) is 18.4 Å². The van der Waals surface area contributed by atoms with Crippen LogP contribution in [-0.4, -0.2) is 54.8 Å². The number of nitrogens with one attached hydrogen (secondary N) is 1. The molecule has 50 heavy (non-hydrogen) atoms. The number of nitrogens with zero attached hydrogens (tertiary/aromatic N) is 1. The van der Waals surface area contributed by atoms with E-state index in [0.29, 0.717) is 38.5 Å². The van der Waals surface area contributed by atoms with E-state index in [1.807, 2.05) is 7.05 Å². The summed E-state index contributed by atoms with van der Waals surface area (Å²) in [6.45, 7) is 1.94. The molecule has 6 rings (SSSR count). The number of hydrogen-bond donors (Lipinski definition) is 2. The Morgan fingerprint density at radius 2 is 1.70 bits per heavy atom. The van der Waals surface area contributed by atoms with Crippen LogP contribution in [-0.2, 0) is 20.7 Å². The SMILES string of the molecule is CNCC[C@@H](Oc1cccc2ccccc12)c1cccs1.COc1ccc2c(c1)c(CC(=O)OCC(=O)O)c(C)n2C(=O)c1ccc(Cl)cc1. The van der Waals surface area contributed by atoms with Crippen LogP contribution in [0.3, 0.4) is 0 Å². The molecular weight excluding hydrogens is 676 g/mol. The smallest absolute Gasteiger partial charge is 0.341 e. The van der Waals surface area contributed by atoms with E-state index in [1.165, 1.54) is 27.3 Å². The number of thiophene rings is 1. The molecule has 0 saturated heterocycles. The van der Waals surface area contributed by atoms with Crippen molar-refractivity contribution in [1.82, 2.24) is 9.88 Å². The third kappa shape index (κ3) is 8.70. The lowest BCUT2D eigenvalue weighted by molar-refractivity contribution is -0.154. The first kappa shape index (κ1) is 36.1. The largest absolute Gasteiger partial charge is 0.497 e. The van der Waals surface area contributed by atoms with Gasteiger partial charge in [0.05, 0.1) is 19.0 Å². The Hall–Kier alpha value is -5.16. The number of carbonyl (C=O) groups excluding carboxylic acids is 2. The molecule has 2 heterocycles. The van der Waals surface area contributed by atoms with Crippen LogP contribution < -0.4 is 14.8 Å². The highest BCUT2D eigenvalue weighted by Gasteiger charge is 2.23. The number of carboxylic acid groups (broad SMARTS) is 1. The molecule has 0 fully saturated rings. The second-order valence-electron chi connectivity index (χ2n) is 11.3. The average Bonchev–Trinajstić information content (AvgIpc) is 3.76. The first-order valence-electron chi connectivity index (χ1n) is 15.9.